The standard InChI is InChI=1S/C18H26N4O2/c1-13(2)16-21-17(24-22-16)14-7-10-19-15(11-14)20-12-18(23)8-5-3-4-6-9-18/h7,10-11,13,23H,3-6,8-9,12H2,1-2H3,(H,19,20). The highest BCUT2D eigenvalue weighted by molar-refractivity contribution is 5.57. The molecule has 2 aromatic heterocycles. The molecule has 0 aliphatic heterocycles. The Morgan fingerprint density at radius 1 is 1.25 bits per heavy atom. The maximum atomic E-state index is 10.7. The molecular formula is C18H26N4O2. The predicted molar refractivity (Wildman–Crippen MR) is 92.8 cm³/mol. The number of rotatable bonds is 5. The molecule has 6 heteroatoms. The number of nitrogens with zero attached hydrogens (tertiary/aromatic N) is 3. The molecule has 0 unspecified atom stereocenters. The number of hydrogen-bond donors (Lipinski definition) is 2. The summed E-state index contributed by atoms with van der Waals surface area (Å²) in [5.74, 6) is 2.14. The van der Waals surface area contributed by atoms with E-state index in [2.05, 4.69) is 20.4 Å². The van der Waals surface area contributed by atoms with Crippen molar-refractivity contribution in [2.45, 2.75) is 63.9 Å². The van der Waals surface area contributed by atoms with Crippen LogP contribution < -0.4 is 5.32 Å². The highest BCUT2D eigenvalue weighted by Crippen LogP contribution is 2.28. The van der Waals surface area contributed by atoms with E-state index in [4.69, 9.17) is 4.52 Å². The van der Waals surface area contributed by atoms with Crippen LogP contribution in [0, 0.1) is 0 Å². The Bertz CT molecular complexity index is 661. The Labute approximate surface area is 142 Å². The zero-order valence-corrected chi connectivity index (χ0v) is 14.5. The molecule has 130 valence electrons. The van der Waals surface area contributed by atoms with Crippen molar-refractivity contribution in [3.63, 3.8) is 0 Å². The maximum Gasteiger partial charge on any atom is 0.258 e. The number of aliphatic hydroxyl groups is 1. The molecule has 0 saturated heterocycles. The summed E-state index contributed by atoms with van der Waals surface area (Å²) in [7, 11) is 0. The first kappa shape index (κ1) is 16.9. The van der Waals surface area contributed by atoms with Crippen molar-refractivity contribution in [1.82, 2.24) is 15.1 Å². The topological polar surface area (TPSA) is 84.1 Å². The van der Waals surface area contributed by atoms with Crippen LogP contribution in [0.2, 0.25) is 0 Å². The molecule has 3 rings (SSSR count). The van der Waals surface area contributed by atoms with Gasteiger partial charge in [-0.15, -0.1) is 0 Å². The highest BCUT2D eigenvalue weighted by atomic mass is 16.5. The van der Waals surface area contributed by atoms with E-state index in [-0.39, 0.29) is 5.92 Å². The lowest BCUT2D eigenvalue weighted by Gasteiger charge is -2.27. The van der Waals surface area contributed by atoms with Gasteiger partial charge in [0.15, 0.2) is 5.82 Å². The van der Waals surface area contributed by atoms with Crippen LogP contribution in [0.4, 0.5) is 5.82 Å². The molecule has 0 radical (unpaired) electrons. The van der Waals surface area contributed by atoms with E-state index >= 15 is 0 Å². The van der Waals surface area contributed by atoms with Crippen LogP contribution in [0.5, 0.6) is 0 Å². The summed E-state index contributed by atoms with van der Waals surface area (Å²) >= 11 is 0. The van der Waals surface area contributed by atoms with E-state index in [0.29, 0.717) is 18.3 Å². The van der Waals surface area contributed by atoms with Crippen molar-refractivity contribution < 1.29 is 9.63 Å². The molecular weight excluding hydrogens is 304 g/mol. The van der Waals surface area contributed by atoms with Crippen LogP contribution in [0.15, 0.2) is 22.9 Å². The molecule has 1 aliphatic carbocycles. The molecule has 0 amide bonds. The van der Waals surface area contributed by atoms with Crippen LogP contribution in [0.25, 0.3) is 11.5 Å². The molecule has 1 saturated carbocycles. The number of nitrogens with one attached hydrogen (secondary N) is 1. The van der Waals surface area contributed by atoms with Gasteiger partial charge >= 0.3 is 0 Å². The molecule has 0 bridgehead atoms. The van der Waals surface area contributed by atoms with E-state index in [9.17, 15) is 5.11 Å². The van der Waals surface area contributed by atoms with Gasteiger partial charge in [0.05, 0.1) is 5.60 Å². The lowest BCUT2D eigenvalue weighted by atomic mass is 9.94. The SMILES string of the molecule is CC(C)c1noc(-c2ccnc(NCC3(O)CCCCCC3)c2)n1. The molecule has 2 aromatic rings. The maximum absolute atomic E-state index is 10.7. The fraction of sp³-hybridized carbons (Fsp3) is 0.611. The summed E-state index contributed by atoms with van der Waals surface area (Å²) in [6.07, 6.45) is 8.02. The van der Waals surface area contributed by atoms with E-state index in [1.54, 1.807) is 6.20 Å². The smallest absolute Gasteiger partial charge is 0.258 e. The first-order valence-electron chi connectivity index (χ1n) is 8.82. The lowest BCUT2D eigenvalue weighted by Crippen LogP contribution is -2.36. The molecule has 1 aliphatic rings. The molecule has 0 aromatic carbocycles. The first-order valence-corrected chi connectivity index (χ1v) is 8.82. The number of hydrogen-bond acceptors (Lipinski definition) is 6. The minimum absolute atomic E-state index is 0.228. The van der Waals surface area contributed by atoms with Crippen LogP contribution in [-0.2, 0) is 0 Å². The van der Waals surface area contributed by atoms with Crippen LogP contribution in [-0.4, -0.2) is 32.4 Å². The quantitative estimate of drug-likeness (QED) is 0.812. The monoisotopic (exact) mass is 330 g/mol. The summed E-state index contributed by atoms with van der Waals surface area (Å²) in [6, 6.07) is 3.74. The summed E-state index contributed by atoms with van der Waals surface area (Å²) in [5.41, 5.74) is 0.198. The fourth-order valence-corrected chi connectivity index (χ4v) is 3.07. The molecule has 2 heterocycles. The minimum atomic E-state index is -0.635. The fourth-order valence-electron chi connectivity index (χ4n) is 3.07. The van der Waals surface area contributed by atoms with Crippen LogP contribution in [0.3, 0.4) is 0 Å². The normalized spacial score (nSPS) is 17.7. The molecule has 24 heavy (non-hydrogen) atoms. The highest BCUT2D eigenvalue weighted by Gasteiger charge is 2.27. The van der Waals surface area contributed by atoms with Gasteiger partial charge in [0.1, 0.15) is 5.82 Å². The average Bonchev–Trinajstić information content (AvgIpc) is 2.98. The van der Waals surface area contributed by atoms with Gasteiger partial charge < -0.3 is 14.9 Å². The molecule has 0 atom stereocenters. The van der Waals surface area contributed by atoms with Gasteiger partial charge in [-0.25, -0.2) is 4.98 Å². The van der Waals surface area contributed by atoms with E-state index < -0.39 is 5.60 Å². The third kappa shape index (κ3) is 4.12. The van der Waals surface area contributed by atoms with E-state index in [1.807, 2.05) is 26.0 Å². The Kier molecular flexibility index (Phi) is 5.14. The zero-order chi connectivity index (χ0) is 17.0. The molecule has 1 fully saturated rings. The van der Waals surface area contributed by atoms with Crippen LogP contribution >= 0.6 is 0 Å². The second-order valence-electron chi connectivity index (χ2n) is 7.03. The minimum Gasteiger partial charge on any atom is -0.388 e. The zero-order valence-electron chi connectivity index (χ0n) is 14.5. The Morgan fingerprint density at radius 3 is 2.67 bits per heavy atom. The van der Waals surface area contributed by atoms with Gasteiger partial charge in [-0.2, -0.15) is 4.98 Å². The average molecular weight is 330 g/mol. The summed E-state index contributed by atoms with van der Waals surface area (Å²) in [6.45, 7) is 4.58. The van der Waals surface area contributed by atoms with Crippen molar-refractivity contribution in [2.75, 3.05) is 11.9 Å². The van der Waals surface area contributed by atoms with Crippen molar-refractivity contribution in [1.29, 1.82) is 0 Å². The van der Waals surface area contributed by atoms with Crippen molar-refractivity contribution in [2.24, 2.45) is 0 Å². The van der Waals surface area contributed by atoms with Gasteiger partial charge in [0.25, 0.3) is 5.89 Å². The molecule has 6 nitrogen and oxygen atoms in total. The molecule has 2 N–H and O–H groups in total. The van der Waals surface area contributed by atoms with Crippen molar-refractivity contribution in [3.05, 3.63) is 24.2 Å². The van der Waals surface area contributed by atoms with Gasteiger partial charge in [0, 0.05) is 24.2 Å². The Hall–Kier alpha value is -1.95. The predicted octanol–water partition coefficient (Wildman–Crippen LogP) is 3.75. The third-order valence-corrected chi connectivity index (χ3v) is 4.60. The second-order valence-corrected chi connectivity index (χ2v) is 7.03. The summed E-state index contributed by atoms with van der Waals surface area (Å²) in [4.78, 5) is 8.75. The van der Waals surface area contributed by atoms with E-state index in [1.165, 1.54) is 12.8 Å². The van der Waals surface area contributed by atoms with Gasteiger partial charge in [-0.05, 0) is 25.0 Å². The van der Waals surface area contributed by atoms with Crippen molar-refractivity contribution >= 4 is 5.82 Å². The number of pyridine rings is 1. The summed E-state index contributed by atoms with van der Waals surface area (Å²) in [5, 5.41) is 18.0. The Balaban J connectivity index is 1.68. The van der Waals surface area contributed by atoms with Gasteiger partial charge in [-0.1, -0.05) is 44.7 Å². The number of aromatic nitrogens is 3. The van der Waals surface area contributed by atoms with Crippen LogP contribution in [0.1, 0.15) is 64.1 Å². The largest absolute Gasteiger partial charge is 0.388 e. The first-order chi connectivity index (χ1) is 11.6. The van der Waals surface area contributed by atoms with Gasteiger partial charge in [-0.3, -0.25) is 0 Å². The molecule has 0 spiro atoms. The summed E-state index contributed by atoms with van der Waals surface area (Å²) < 4.78 is 5.33. The third-order valence-electron chi connectivity index (χ3n) is 4.60. The second kappa shape index (κ2) is 7.30. The Morgan fingerprint density at radius 2 is 2.00 bits per heavy atom. The number of anilines is 1. The van der Waals surface area contributed by atoms with Gasteiger partial charge in [0.2, 0.25) is 0 Å². The van der Waals surface area contributed by atoms with Crippen molar-refractivity contribution in [3.8, 4) is 11.5 Å². The van der Waals surface area contributed by atoms with E-state index in [0.717, 1.165) is 37.1 Å². The lowest BCUT2D eigenvalue weighted by molar-refractivity contribution is 0.0380.